The summed E-state index contributed by atoms with van der Waals surface area (Å²) in [6.07, 6.45) is 3.90. The number of hydrogen-bond acceptors (Lipinski definition) is 3. The van der Waals surface area contributed by atoms with Gasteiger partial charge in [-0.15, -0.1) is 11.3 Å². The molecule has 2 heterocycles. The highest BCUT2D eigenvalue weighted by Gasteiger charge is 2.27. The number of benzene rings is 1. The Labute approximate surface area is 135 Å². The van der Waals surface area contributed by atoms with Gasteiger partial charge in [0.2, 0.25) is 0 Å². The van der Waals surface area contributed by atoms with Crippen LogP contribution in [0.5, 0.6) is 0 Å². The summed E-state index contributed by atoms with van der Waals surface area (Å²) in [5, 5.41) is 5.93. The molecule has 1 fully saturated rings. The second-order valence-electron chi connectivity index (χ2n) is 5.83. The van der Waals surface area contributed by atoms with Crippen LogP contribution >= 0.6 is 11.3 Å². The minimum Gasteiger partial charge on any atom is -0.329 e. The summed E-state index contributed by atoms with van der Waals surface area (Å²) < 4.78 is 0. The monoisotopic (exact) mass is 315 g/mol. The number of hydrogen-bond donors (Lipinski definition) is 1. The van der Waals surface area contributed by atoms with Crippen molar-refractivity contribution < 1.29 is 4.79 Å². The van der Waals surface area contributed by atoms with Crippen LogP contribution in [0.25, 0.3) is 0 Å². The van der Waals surface area contributed by atoms with Gasteiger partial charge in [-0.2, -0.15) is 0 Å². The van der Waals surface area contributed by atoms with Crippen molar-refractivity contribution in [3.8, 4) is 0 Å². The first kappa shape index (κ1) is 15.0. The number of amides is 2. The largest absolute Gasteiger partial charge is 0.329 e. The number of nitrogens with zero attached hydrogens (tertiary/aromatic N) is 2. The number of carbonyl (C=O) groups excluding carboxylic acids is 1. The van der Waals surface area contributed by atoms with Gasteiger partial charge in [-0.3, -0.25) is 0 Å². The topological polar surface area (TPSA) is 45.2 Å². The van der Waals surface area contributed by atoms with Crippen LogP contribution < -0.4 is 5.32 Å². The molecule has 1 aliphatic rings. The lowest BCUT2D eigenvalue weighted by Crippen LogP contribution is -2.39. The fraction of sp³-hybridized carbons (Fsp3) is 0.412. The molecule has 5 heteroatoms. The van der Waals surface area contributed by atoms with E-state index in [1.54, 1.807) is 17.5 Å². The highest BCUT2D eigenvalue weighted by atomic mass is 32.1. The molecule has 116 valence electrons. The zero-order chi connectivity index (χ0) is 15.4. The van der Waals surface area contributed by atoms with Crippen molar-refractivity contribution in [3.05, 3.63) is 52.5 Å². The molecule has 1 N–H and O–H groups in total. The van der Waals surface area contributed by atoms with Crippen molar-refractivity contribution in [1.82, 2.24) is 15.2 Å². The fourth-order valence-electron chi connectivity index (χ4n) is 2.92. The van der Waals surface area contributed by atoms with Gasteiger partial charge in [0.15, 0.2) is 0 Å². The molecule has 22 heavy (non-hydrogen) atoms. The predicted molar refractivity (Wildman–Crippen MR) is 88.9 cm³/mol. The summed E-state index contributed by atoms with van der Waals surface area (Å²) >= 11 is 1.57. The van der Waals surface area contributed by atoms with E-state index in [-0.39, 0.29) is 12.1 Å². The standard InChI is InChI=1S/C17H21N3OS/c1-13(16-18-8-10-22-16)19-17(21)20-9-7-15(12-20)11-14-5-3-2-4-6-14/h2-6,8,10,13,15H,7,9,11-12H2,1H3,(H,19,21). The first-order chi connectivity index (χ1) is 10.7. The summed E-state index contributed by atoms with van der Waals surface area (Å²) in [5.74, 6) is 0.559. The lowest BCUT2D eigenvalue weighted by atomic mass is 9.99. The van der Waals surface area contributed by atoms with Gasteiger partial charge in [0.25, 0.3) is 0 Å². The molecule has 0 aliphatic carbocycles. The zero-order valence-corrected chi connectivity index (χ0v) is 13.6. The molecule has 0 radical (unpaired) electrons. The Balaban J connectivity index is 1.50. The second kappa shape index (κ2) is 6.92. The molecule has 2 amide bonds. The van der Waals surface area contributed by atoms with Gasteiger partial charge in [0, 0.05) is 24.7 Å². The van der Waals surface area contributed by atoms with E-state index in [1.807, 2.05) is 23.3 Å². The van der Waals surface area contributed by atoms with E-state index in [0.29, 0.717) is 5.92 Å². The molecule has 0 spiro atoms. The highest BCUT2D eigenvalue weighted by Crippen LogP contribution is 2.22. The maximum atomic E-state index is 12.3. The number of urea groups is 1. The Hall–Kier alpha value is -1.88. The molecule has 2 atom stereocenters. The summed E-state index contributed by atoms with van der Waals surface area (Å²) in [7, 11) is 0. The number of aromatic nitrogens is 1. The predicted octanol–water partition coefficient (Wildman–Crippen LogP) is 3.48. The van der Waals surface area contributed by atoms with Gasteiger partial charge >= 0.3 is 6.03 Å². The smallest absolute Gasteiger partial charge is 0.317 e. The van der Waals surface area contributed by atoms with Gasteiger partial charge in [0.1, 0.15) is 5.01 Å². The average molecular weight is 315 g/mol. The Bertz CT molecular complexity index is 600. The average Bonchev–Trinajstić information content (AvgIpc) is 3.19. The molecule has 1 aromatic heterocycles. The molecule has 0 bridgehead atoms. The van der Waals surface area contributed by atoms with E-state index in [9.17, 15) is 4.79 Å². The maximum absolute atomic E-state index is 12.3. The third-order valence-electron chi connectivity index (χ3n) is 4.10. The Morgan fingerprint density at radius 1 is 1.45 bits per heavy atom. The van der Waals surface area contributed by atoms with Crippen LogP contribution in [0, 0.1) is 5.92 Å². The lowest BCUT2D eigenvalue weighted by molar-refractivity contribution is 0.203. The normalized spacial score (nSPS) is 19.1. The molecular weight excluding hydrogens is 294 g/mol. The van der Waals surface area contributed by atoms with Crippen LogP contribution in [0.4, 0.5) is 4.79 Å². The summed E-state index contributed by atoms with van der Waals surface area (Å²) in [4.78, 5) is 18.5. The first-order valence-corrected chi connectivity index (χ1v) is 8.59. The molecule has 2 aromatic rings. The van der Waals surface area contributed by atoms with Crippen LogP contribution in [0.3, 0.4) is 0 Å². The van der Waals surface area contributed by atoms with E-state index in [2.05, 4.69) is 34.6 Å². The number of carbonyl (C=O) groups is 1. The van der Waals surface area contributed by atoms with E-state index >= 15 is 0 Å². The summed E-state index contributed by atoms with van der Waals surface area (Å²) in [5.41, 5.74) is 1.35. The van der Waals surface area contributed by atoms with Crippen molar-refractivity contribution in [3.63, 3.8) is 0 Å². The highest BCUT2D eigenvalue weighted by molar-refractivity contribution is 7.09. The van der Waals surface area contributed by atoms with E-state index in [1.165, 1.54) is 5.56 Å². The lowest BCUT2D eigenvalue weighted by Gasteiger charge is -2.20. The number of nitrogens with one attached hydrogen (secondary N) is 1. The summed E-state index contributed by atoms with van der Waals surface area (Å²) in [6, 6.07) is 10.5. The number of rotatable bonds is 4. The van der Waals surface area contributed by atoms with E-state index in [0.717, 1.165) is 30.9 Å². The van der Waals surface area contributed by atoms with E-state index < -0.39 is 0 Å². The molecule has 1 aromatic carbocycles. The Kier molecular flexibility index (Phi) is 4.73. The van der Waals surface area contributed by atoms with Crippen LogP contribution in [0.2, 0.25) is 0 Å². The number of likely N-dealkylation sites (tertiary alicyclic amines) is 1. The van der Waals surface area contributed by atoms with Crippen molar-refractivity contribution in [2.45, 2.75) is 25.8 Å². The fourth-order valence-corrected chi connectivity index (χ4v) is 3.56. The van der Waals surface area contributed by atoms with Crippen LogP contribution in [-0.4, -0.2) is 29.0 Å². The molecule has 4 nitrogen and oxygen atoms in total. The minimum absolute atomic E-state index is 0.0262. The quantitative estimate of drug-likeness (QED) is 0.939. The maximum Gasteiger partial charge on any atom is 0.317 e. The van der Waals surface area contributed by atoms with Gasteiger partial charge in [-0.05, 0) is 31.2 Å². The molecule has 0 saturated carbocycles. The van der Waals surface area contributed by atoms with E-state index in [4.69, 9.17) is 0 Å². The molecular formula is C17H21N3OS. The van der Waals surface area contributed by atoms with Crippen molar-refractivity contribution >= 4 is 17.4 Å². The second-order valence-corrected chi connectivity index (χ2v) is 6.76. The minimum atomic E-state index is -0.0272. The van der Waals surface area contributed by atoms with Gasteiger partial charge in [-0.1, -0.05) is 30.3 Å². The van der Waals surface area contributed by atoms with Crippen molar-refractivity contribution in [2.24, 2.45) is 5.92 Å². The van der Waals surface area contributed by atoms with Gasteiger partial charge < -0.3 is 10.2 Å². The van der Waals surface area contributed by atoms with Gasteiger partial charge in [0.05, 0.1) is 6.04 Å². The molecule has 3 rings (SSSR count). The van der Waals surface area contributed by atoms with Crippen LogP contribution in [0.1, 0.15) is 30.0 Å². The first-order valence-electron chi connectivity index (χ1n) is 7.71. The van der Waals surface area contributed by atoms with Gasteiger partial charge in [-0.25, -0.2) is 9.78 Å². The number of thiazole rings is 1. The third kappa shape index (κ3) is 3.65. The van der Waals surface area contributed by atoms with Crippen molar-refractivity contribution in [2.75, 3.05) is 13.1 Å². The van der Waals surface area contributed by atoms with Crippen LogP contribution in [0.15, 0.2) is 41.9 Å². The SMILES string of the molecule is CC(NC(=O)N1CCC(Cc2ccccc2)C1)c1nccs1. The third-order valence-corrected chi connectivity index (χ3v) is 5.06. The van der Waals surface area contributed by atoms with Crippen molar-refractivity contribution in [1.29, 1.82) is 0 Å². The molecule has 2 unspecified atom stereocenters. The Morgan fingerprint density at radius 2 is 2.27 bits per heavy atom. The van der Waals surface area contributed by atoms with Crippen LogP contribution in [-0.2, 0) is 6.42 Å². The molecule has 1 aliphatic heterocycles. The Morgan fingerprint density at radius 3 is 3.00 bits per heavy atom. The summed E-state index contributed by atoms with van der Waals surface area (Å²) in [6.45, 7) is 3.66. The molecule has 1 saturated heterocycles. The zero-order valence-electron chi connectivity index (χ0n) is 12.7.